The Balaban J connectivity index is 1.54. The number of rotatable bonds is 4. The van der Waals surface area contributed by atoms with Gasteiger partial charge in [0.25, 0.3) is 0 Å². The van der Waals surface area contributed by atoms with E-state index in [4.69, 9.17) is 9.26 Å². The molecule has 0 N–H and O–H groups in total. The van der Waals surface area contributed by atoms with Crippen LogP contribution in [0, 0.1) is 13.8 Å². The molecule has 1 atom stereocenters. The SMILES string of the molecule is Cc1noc(C)c1CCC(=O)N1Cc2cc(-c3cccnc3)ccc2OC[C@@H]1C. The molecular weight excluding hydrogens is 366 g/mol. The fraction of sp³-hybridized carbons (Fsp3) is 0.348. The van der Waals surface area contributed by atoms with Gasteiger partial charge in [0.05, 0.1) is 11.7 Å². The number of nitrogens with zero attached hydrogens (tertiary/aromatic N) is 3. The Morgan fingerprint density at radius 1 is 1.24 bits per heavy atom. The van der Waals surface area contributed by atoms with Gasteiger partial charge in [0.15, 0.2) is 0 Å². The normalized spacial score (nSPS) is 16.1. The summed E-state index contributed by atoms with van der Waals surface area (Å²) in [5.41, 5.74) is 5.01. The molecule has 1 aliphatic rings. The minimum Gasteiger partial charge on any atom is -0.491 e. The number of carbonyl (C=O) groups is 1. The van der Waals surface area contributed by atoms with Crippen LogP contribution in [0.5, 0.6) is 5.75 Å². The molecule has 0 bridgehead atoms. The quantitative estimate of drug-likeness (QED) is 0.670. The van der Waals surface area contributed by atoms with E-state index in [1.54, 1.807) is 6.20 Å². The maximum Gasteiger partial charge on any atom is 0.223 e. The molecule has 0 fully saturated rings. The molecule has 6 heteroatoms. The van der Waals surface area contributed by atoms with E-state index in [9.17, 15) is 4.79 Å². The first-order valence-electron chi connectivity index (χ1n) is 9.90. The first kappa shape index (κ1) is 19.2. The number of pyridine rings is 1. The van der Waals surface area contributed by atoms with Crippen LogP contribution in [0.1, 0.15) is 35.9 Å². The molecule has 0 unspecified atom stereocenters. The Bertz CT molecular complexity index is 994. The van der Waals surface area contributed by atoms with E-state index in [1.165, 1.54) is 0 Å². The highest BCUT2D eigenvalue weighted by Gasteiger charge is 2.26. The zero-order valence-corrected chi connectivity index (χ0v) is 17.0. The molecule has 0 aliphatic carbocycles. The van der Waals surface area contributed by atoms with Gasteiger partial charge in [-0.05, 0) is 51.0 Å². The van der Waals surface area contributed by atoms with E-state index < -0.39 is 0 Å². The minimum atomic E-state index is 0.00131. The van der Waals surface area contributed by atoms with Crippen LogP contribution in [0.2, 0.25) is 0 Å². The van der Waals surface area contributed by atoms with Gasteiger partial charge in [-0.25, -0.2) is 0 Å². The summed E-state index contributed by atoms with van der Waals surface area (Å²) in [7, 11) is 0. The van der Waals surface area contributed by atoms with Gasteiger partial charge in [0, 0.05) is 42.0 Å². The lowest BCUT2D eigenvalue weighted by Crippen LogP contribution is -2.40. The number of hydrogen-bond donors (Lipinski definition) is 0. The summed E-state index contributed by atoms with van der Waals surface area (Å²) in [5, 5.41) is 3.98. The Morgan fingerprint density at radius 2 is 2.10 bits per heavy atom. The fourth-order valence-electron chi connectivity index (χ4n) is 3.76. The van der Waals surface area contributed by atoms with E-state index >= 15 is 0 Å². The number of aryl methyl sites for hydroxylation is 2. The predicted molar refractivity (Wildman–Crippen MR) is 109 cm³/mol. The summed E-state index contributed by atoms with van der Waals surface area (Å²) in [6.45, 7) is 6.84. The van der Waals surface area contributed by atoms with E-state index in [-0.39, 0.29) is 11.9 Å². The van der Waals surface area contributed by atoms with Crippen LogP contribution < -0.4 is 4.74 Å². The number of carbonyl (C=O) groups excluding carboxylic acids is 1. The van der Waals surface area contributed by atoms with Crippen LogP contribution in [0.4, 0.5) is 0 Å². The molecule has 0 radical (unpaired) electrons. The van der Waals surface area contributed by atoms with Crippen molar-refractivity contribution >= 4 is 5.91 Å². The molecule has 3 aromatic rings. The molecule has 0 spiro atoms. The summed E-state index contributed by atoms with van der Waals surface area (Å²) in [4.78, 5) is 19.2. The average molecular weight is 391 g/mol. The molecule has 1 aromatic carbocycles. The van der Waals surface area contributed by atoms with Gasteiger partial charge >= 0.3 is 0 Å². The van der Waals surface area contributed by atoms with Crippen molar-refractivity contribution in [2.45, 2.75) is 46.2 Å². The summed E-state index contributed by atoms with van der Waals surface area (Å²) in [6.07, 6.45) is 4.66. The maximum atomic E-state index is 13.1. The zero-order valence-electron chi connectivity index (χ0n) is 17.0. The Hall–Kier alpha value is -3.15. The molecule has 150 valence electrons. The van der Waals surface area contributed by atoms with Crippen molar-refractivity contribution in [3.63, 3.8) is 0 Å². The summed E-state index contributed by atoms with van der Waals surface area (Å²) in [5.74, 6) is 1.74. The topological polar surface area (TPSA) is 68.5 Å². The van der Waals surface area contributed by atoms with Crippen molar-refractivity contribution in [1.29, 1.82) is 0 Å². The smallest absolute Gasteiger partial charge is 0.223 e. The molecule has 4 rings (SSSR count). The molecule has 29 heavy (non-hydrogen) atoms. The minimum absolute atomic E-state index is 0.00131. The van der Waals surface area contributed by atoms with E-state index in [2.05, 4.69) is 16.2 Å². The lowest BCUT2D eigenvalue weighted by atomic mass is 10.0. The van der Waals surface area contributed by atoms with Gasteiger partial charge in [0.1, 0.15) is 18.1 Å². The number of fused-ring (bicyclic) bond motifs is 1. The number of ether oxygens (including phenoxy) is 1. The van der Waals surface area contributed by atoms with Crippen molar-refractivity contribution in [1.82, 2.24) is 15.0 Å². The number of amides is 1. The molecule has 1 aliphatic heterocycles. The molecular formula is C23H25N3O3. The fourth-order valence-corrected chi connectivity index (χ4v) is 3.76. The second kappa shape index (κ2) is 8.07. The van der Waals surface area contributed by atoms with Gasteiger partial charge in [-0.2, -0.15) is 0 Å². The summed E-state index contributed by atoms with van der Waals surface area (Å²) < 4.78 is 11.2. The van der Waals surface area contributed by atoms with Gasteiger partial charge < -0.3 is 14.2 Å². The third kappa shape index (κ3) is 4.01. The van der Waals surface area contributed by atoms with Crippen LogP contribution in [0.3, 0.4) is 0 Å². The van der Waals surface area contributed by atoms with Gasteiger partial charge in [-0.1, -0.05) is 17.3 Å². The third-order valence-corrected chi connectivity index (χ3v) is 5.50. The van der Waals surface area contributed by atoms with Crippen LogP contribution in [0.15, 0.2) is 47.2 Å². The van der Waals surface area contributed by atoms with Crippen LogP contribution in [-0.2, 0) is 17.8 Å². The standard InChI is InChI=1S/C23H25N3O3/c1-15-14-28-22-8-6-18(19-5-4-10-24-12-19)11-20(22)13-26(15)23(27)9-7-21-16(2)25-29-17(21)3/h4-6,8,10-12,15H,7,9,13-14H2,1-3H3/t15-/m0/s1. The van der Waals surface area contributed by atoms with E-state index in [0.717, 1.165) is 39.5 Å². The maximum absolute atomic E-state index is 13.1. The Morgan fingerprint density at radius 3 is 2.83 bits per heavy atom. The number of benzene rings is 1. The van der Waals surface area contributed by atoms with Crippen LogP contribution in [0.25, 0.3) is 11.1 Å². The molecule has 6 nitrogen and oxygen atoms in total. The van der Waals surface area contributed by atoms with Gasteiger partial charge in [0.2, 0.25) is 5.91 Å². The Kier molecular flexibility index (Phi) is 5.34. The molecule has 1 amide bonds. The van der Waals surface area contributed by atoms with Crippen molar-refractivity contribution in [2.24, 2.45) is 0 Å². The monoisotopic (exact) mass is 391 g/mol. The highest BCUT2D eigenvalue weighted by atomic mass is 16.5. The highest BCUT2D eigenvalue weighted by molar-refractivity contribution is 5.77. The van der Waals surface area contributed by atoms with Gasteiger partial charge in [-0.3, -0.25) is 9.78 Å². The second-order valence-electron chi connectivity index (χ2n) is 7.55. The van der Waals surface area contributed by atoms with Gasteiger partial charge in [-0.15, -0.1) is 0 Å². The largest absolute Gasteiger partial charge is 0.491 e. The van der Waals surface area contributed by atoms with Crippen LogP contribution in [-0.4, -0.2) is 33.6 Å². The summed E-state index contributed by atoms with van der Waals surface area (Å²) in [6, 6.07) is 10.1. The molecule has 0 saturated carbocycles. The Labute approximate surface area is 170 Å². The first-order chi connectivity index (χ1) is 14.0. The van der Waals surface area contributed by atoms with E-state index in [1.807, 2.05) is 56.1 Å². The van der Waals surface area contributed by atoms with Crippen LogP contribution >= 0.6 is 0 Å². The second-order valence-corrected chi connectivity index (χ2v) is 7.55. The lowest BCUT2D eigenvalue weighted by molar-refractivity contribution is -0.134. The third-order valence-electron chi connectivity index (χ3n) is 5.50. The molecule has 3 heterocycles. The van der Waals surface area contributed by atoms with Crippen molar-refractivity contribution in [3.8, 4) is 16.9 Å². The molecule has 2 aromatic heterocycles. The number of hydrogen-bond acceptors (Lipinski definition) is 5. The van der Waals surface area contributed by atoms with Crippen molar-refractivity contribution in [2.75, 3.05) is 6.61 Å². The number of aromatic nitrogens is 2. The summed E-state index contributed by atoms with van der Waals surface area (Å²) >= 11 is 0. The lowest BCUT2D eigenvalue weighted by Gasteiger charge is -2.26. The average Bonchev–Trinajstić information content (AvgIpc) is 2.96. The predicted octanol–water partition coefficient (Wildman–Crippen LogP) is 4.10. The van der Waals surface area contributed by atoms with Crippen molar-refractivity contribution in [3.05, 3.63) is 65.3 Å². The molecule has 0 saturated heterocycles. The highest BCUT2D eigenvalue weighted by Crippen LogP contribution is 2.30. The first-order valence-corrected chi connectivity index (χ1v) is 9.90. The van der Waals surface area contributed by atoms with Crippen molar-refractivity contribution < 1.29 is 14.1 Å². The van der Waals surface area contributed by atoms with E-state index in [0.29, 0.717) is 26.0 Å². The zero-order chi connectivity index (χ0) is 20.4.